The summed E-state index contributed by atoms with van der Waals surface area (Å²) in [5.41, 5.74) is 5.77. The van der Waals surface area contributed by atoms with E-state index in [4.69, 9.17) is 10.5 Å². The third kappa shape index (κ3) is 1.13. The van der Waals surface area contributed by atoms with E-state index >= 15 is 0 Å². The molecule has 16 heavy (non-hydrogen) atoms. The topological polar surface area (TPSA) is 73.4 Å². The molecule has 6 heteroatoms. The van der Waals surface area contributed by atoms with Crippen LogP contribution in [0.3, 0.4) is 0 Å². The van der Waals surface area contributed by atoms with Crippen LogP contribution in [0, 0.1) is 0 Å². The zero-order valence-corrected chi connectivity index (χ0v) is 8.67. The van der Waals surface area contributed by atoms with E-state index in [-0.39, 0.29) is 0 Å². The van der Waals surface area contributed by atoms with Crippen molar-refractivity contribution in [3.63, 3.8) is 0 Å². The number of carbonyl (C=O) groups excluding carboxylic acids is 1. The third-order valence-electron chi connectivity index (χ3n) is 3.18. The number of amides is 2. The Morgan fingerprint density at radius 2 is 2.50 bits per heavy atom. The second-order valence-electron chi connectivity index (χ2n) is 4.07. The van der Waals surface area contributed by atoms with Gasteiger partial charge in [-0.2, -0.15) is 5.10 Å². The summed E-state index contributed by atoms with van der Waals surface area (Å²) in [6, 6.07) is 1.51. The molecule has 2 aliphatic heterocycles. The van der Waals surface area contributed by atoms with Crippen molar-refractivity contribution in [2.45, 2.75) is 12.0 Å². The number of fused-ring (bicyclic) bond motifs is 2. The van der Waals surface area contributed by atoms with Gasteiger partial charge in [-0.15, -0.1) is 0 Å². The van der Waals surface area contributed by atoms with Crippen molar-refractivity contribution in [3.8, 4) is 0 Å². The highest BCUT2D eigenvalue weighted by Crippen LogP contribution is 2.37. The quantitative estimate of drug-likeness (QED) is 0.684. The zero-order chi connectivity index (χ0) is 11.2. The largest absolute Gasteiger partial charge is 0.485 e. The van der Waals surface area contributed by atoms with Crippen LogP contribution in [0.5, 0.6) is 0 Å². The predicted octanol–water partition coefficient (Wildman–Crippen LogP) is 0.321. The lowest BCUT2D eigenvalue weighted by Gasteiger charge is -2.31. The molecule has 2 N–H and O–H groups in total. The second-order valence-corrected chi connectivity index (χ2v) is 4.07. The number of aromatic nitrogens is 2. The fraction of sp³-hybridized carbons (Fsp3) is 0.400. The molecule has 1 aromatic heterocycles. The first-order valence-electron chi connectivity index (χ1n) is 5.14. The van der Waals surface area contributed by atoms with Crippen molar-refractivity contribution >= 4 is 12.2 Å². The molecule has 84 valence electrons. The molecule has 1 fully saturated rings. The minimum atomic E-state index is -0.472. The molecule has 1 aromatic rings. The van der Waals surface area contributed by atoms with Gasteiger partial charge in [-0.05, 0) is 6.07 Å². The van der Waals surface area contributed by atoms with Crippen molar-refractivity contribution in [1.29, 1.82) is 0 Å². The van der Waals surface area contributed by atoms with Crippen molar-refractivity contribution in [2.75, 3.05) is 13.1 Å². The van der Waals surface area contributed by atoms with E-state index in [1.165, 1.54) is 0 Å². The number of ether oxygens (including phenoxy) is 1. The fourth-order valence-electron chi connectivity index (χ4n) is 2.35. The molecule has 3 heterocycles. The van der Waals surface area contributed by atoms with Gasteiger partial charge in [0.2, 0.25) is 0 Å². The molecule has 0 aliphatic carbocycles. The molecule has 1 saturated heterocycles. The maximum absolute atomic E-state index is 11.1. The van der Waals surface area contributed by atoms with Crippen LogP contribution in [-0.4, -0.2) is 33.8 Å². The van der Waals surface area contributed by atoms with Crippen molar-refractivity contribution in [1.82, 2.24) is 14.7 Å². The third-order valence-corrected chi connectivity index (χ3v) is 3.18. The molecule has 0 bridgehead atoms. The maximum atomic E-state index is 11.1. The number of likely N-dealkylation sites (tertiary alicyclic amines) is 1. The highest BCUT2D eigenvalue weighted by Gasteiger charge is 2.45. The van der Waals surface area contributed by atoms with Crippen LogP contribution in [0.2, 0.25) is 0 Å². The number of carbonyl (C=O) groups is 1. The van der Waals surface area contributed by atoms with E-state index in [1.807, 2.05) is 6.07 Å². The summed E-state index contributed by atoms with van der Waals surface area (Å²) in [5, 5.41) is 4.16. The van der Waals surface area contributed by atoms with Gasteiger partial charge in [-0.25, -0.2) is 9.48 Å². The first-order chi connectivity index (χ1) is 7.71. The van der Waals surface area contributed by atoms with Gasteiger partial charge in [0, 0.05) is 19.2 Å². The Morgan fingerprint density at radius 3 is 3.25 bits per heavy atom. The molecule has 2 amide bonds. The van der Waals surface area contributed by atoms with Crippen LogP contribution >= 0.6 is 0 Å². The van der Waals surface area contributed by atoms with E-state index in [1.54, 1.807) is 28.2 Å². The summed E-state index contributed by atoms with van der Waals surface area (Å²) in [4.78, 5) is 12.7. The lowest BCUT2D eigenvalue weighted by atomic mass is 9.98. The zero-order valence-electron chi connectivity index (χ0n) is 8.67. The van der Waals surface area contributed by atoms with Gasteiger partial charge in [-0.3, -0.25) is 0 Å². The number of urea groups is 1. The maximum Gasteiger partial charge on any atom is 0.314 e. The van der Waals surface area contributed by atoms with E-state index in [0.29, 0.717) is 13.1 Å². The summed E-state index contributed by atoms with van der Waals surface area (Å²) in [7, 11) is 0. The van der Waals surface area contributed by atoms with Gasteiger partial charge in [0.25, 0.3) is 0 Å². The van der Waals surface area contributed by atoms with Gasteiger partial charge in [0.15, 0.2) is 5.60 Å². The first-order valence-corrected chi connectivity index (χ1v) is 5.14. The summed E-state index contributed by atoms with van der Waals surface area (Å²) in [5.74, 6) is 0. The highest BCUT2D eigenvalue weighted by molar-refractivity contribution is 5.72. The van der Waals surface area contributed by atoms with Gasteiger partial charge >= 0.3 is 6.03 Å². The molecule has 1 spiro atoms. The van der Waals surface area contributed by atoms with Crippen LogP contribution in [0.25, 0.3) is 6.20 Å². The molecule has 1 unspecified atom stereocenters. The lowest BCUT2D eigenvalue weighted by Crippen LogP contribution is -2.39. The number of hydrogen-bond donors (Lipinski definition) is 1. The molecular weight excluding hydrogens is 208 g/mol. The Balaban J connectivity index is 1.97. The van der Waals surface area contributed by atoms with Crippen LogP contribution < -0.4 is 5.73 Å². The Kier molecular flexibility index (Phi) is 1.74. The Hall–Kier alpha value is -1.98. The van der Waals surface area contributed by atoms with Gasteiger partial charge in [-0.1, -0.05) is 0 Å². The highest BCUT2D eigenvalue weighted by atomic mass is 16.5. The molecule has 1 atom stereocenters. The Morgan fingerprint density at radius 1 is 1.62 bits per heavy atom. The smallest absolute Gasteiger partial charge is 0.314 e. The van der Waals surface area contributed by atoms with Crippen molar-refractivity contribution < 1.29 is 9.53 Å². The normalized spacial score (nSPS) is 26.9. The van der Waals surface area contributed by atoms with Crippen molar-refractivity contribution in [2.24, 2.45) is 5.73 Å². The summed E-state index contributed by atoms with van der Waals surface area (Å²) in [6.45, 7) is 1.10. The molecular formula is C10H12N4O2. The standard InChI is InChI=1S/C10H12N4O2/c11-9(15)13-4-2-10(7-13)8-1-3-12-14(8)5-6-16-10/h1,3,5-6H,2,4,7H2,(H2,11,15). The average Bonchev–Trinajstić information content (AvgIpc) is 2.86. The van der Waals surface area contributed by atoms with Crippen molar-refractivity contribution in [3.05, 3.63) is 24.2 Å². The molecule has 0 saturated carbocycles. The van der Waals surface area contributed by atoms with Gasteiger partial charge in [0.05, 0.1) is 18.4 Å². The SMILES string of the molecule is NC(=O)N1CCC2(C1)OC=Cn1nccc12. The summed E-state index contributed by atoms with van der Waals surface area (Å²) in [6.07, 6.45) is 5.84. The molecule has 3 rings (SSSR count). The minimum Gasteiger partial charge on any atom is -0.485 e. The number of primary amides is 1. The van der Waals surface area contributed by atoms with E-state index in [2.05, 4.69) is 5.10 Å². The van der Waals surface area contributed by atoms with E-state index < -0.39 is 11.6 Å². The van der Waals surface area contributed by atoms with Crippen LogP contribution in [-0.2, 0) is 10.3 Å². The van der Waals surface area contributed by atoms with E-state index in [9.17, 15) is 4.79 Å². The number of nitrogens with zero attached hydrogens (tertiary/aromatic N) is 3. The van der Waals surface area contributed by atoms with E-state index in [0.717, 1.165) is 12.1 Å². The fourth-order valence-corrected chi connectivity index (χ4v) is 2.35. The van der Waals surface area contributed by atoms with Crippen LogP contribution in [0.4, 0.5) is 4.79 Å². The summed E-state index contributed by atoms with van der Waals surface area (Å²) < 4.78 is 7.47. The predicted molar refractivity (Wildman–Crippen MR) is 56.1 cm³/mol. The monoisotopic (exact) mass is 220 g/mol. The first kappa shape index (κ1) is 9.26. The van der Waals surface area contributed by atoms with Crippen LogP contribution in [0.1, 0.15) is 12.1 Å². The Bertz CT molecular complexity index is 467. The lowest BCUT2D eigenvalue weighted by molar-refractivity contribution is 0.0189. The van der Waals surface area contributed by atoms with Crippen LogP contribution in [0.15, 0.2) is 18.5 Å². The molecule has 6 nitrogen and oxygen atoms in total. The molecule has 0 radical (unpaired) electrons. The minimum absolute atomic E-state index is 0.402. The summed E-state index contributed by atoms with van der Waals surface area (Å²) >= 11 is 0. The van der Waals surface area contributed by atoms with Gasteiger partial charge in [0.1, 0.15) is 6.26 Å². The number of rotatable bonds is 0. The molecule has 0 aromatic carbocycles. The number of hydrogen-bond acceptors (Lipinski definition) is 3. The van der Waals surface area contributed by atoms with Gasteiger partial charge < -0.3 is 15.4 Å². The molecule has 2 aliphatic rings. The second kappa shape index (κ2) is 3.01. The Labute approximate surface area is 92.3 Å². The number of nitrogens with two attached hydrogens (primary N) is 1. The average molecular weight is 220 g/mol.